The van der Waals surface area contributed by atoms with E-state index in [-0.39, 0.29) is 5.60 Å². The molecule has 2 saturated heterocycles. The van der Waals surface area contributed by atoms with Crippen LogP contribution in [0.1, 0.15) is 24.4 Å². The van der Waals surface area contributed by atoms with Crippen LogP contribution in [0, 0.1) is 6.92 Å². The number of nitrogens with zero attached hydrogens (tertiary/aromatic N) is 2. The van der Waals surface area contributed by atoms with Gasteiger partial charge in [-0.1, -0.05) is 0 Å². The van der Waals surface area contributed by atoms with E-state index >= 15 is 0 Å². The van der Waals surface area contributed by atoms with Gasteiger partial charge in [-0.3, -0.25) is 4.90 Å². The SMILES string of the molecule is Cc1ccc(CN2CCOC[C@@]3(CC[C@@H](CN(C)C)O3)C2)o1. The molecule has 1 aromatic heterocycles. The fourth-order valence-corrected chi connectivity index (χ4v) is 3.56. The Balaban J connectivity index is 1.62. The van der Waals surface area contributed by atoms with Crippen LogP contribution < -0.4 is 0 Å². The van der Waals surface area contributed by atoms with Crippen molar-refractivity contribution >= 4 is 0 Å². The highest BCUT2D eigenvalue weighted by Crippen LogP contribution is 2.33. The zero-order valence-corrected chi connectivity index (χ0v) is 14.0. The largest absolute Gasteiger partial charge is 0.465 e. The molecule has 0 saturated carbocycles. The highest BCUT2D eigenvalue weighted by Gasteiger charge is 2.43. The van der Waals surface area contributed by atoms with Crippen LogP contribution in [-0.2, 0) is 16.0 Å². The van der Waals surface area contributed by atoms with Gasteiger partial charge in [-0.25, -0.2) is 0 Å². The number of hydrogen-bond donors (Lipinski definition) is 0. The minimum Gasteiger partial charge on any atom is -0.465 e. The molecule has 1 spiro atoms. The Bertz CT molecular complexity index is 488. The van der Waals surface area contributed by atoms with E-state index in [9.17, 15) is 0 Å². The van der Waals surface area contributed by atoms with Crippen LogP contribution in [0.2, 0.25) is 0 Å². The minimum atomic E-state index is -0.140. The molecule has 2 aliphatic heterocycles. The fourth-order valence-electron chi connectivity index (χ4n) is 3.56. The van der Waals surface area contributed by atoms with Gasteiger partial charge in [0.2, 0.25) is 0 Å². The third-order valence-corrected chi connectivity index (χ3v) is 4.51. The van der Waals surface area contributed by atoms with Crippen LogP contribution in [0.5, 0.6) is 0 Å². The topological polar surface area (TPSA) is 38.1 Å². The minimum absolute atomic E-state index is 0.140. The normalized spacial score (nSPS) is 30.3. The Morgan fingerprint density at radius 3 is 2.95 bits per heavy atom. The molecule has 2 atom stereocenters. The molecule has 124 valence electrons. The van der Waals surface area contributed by atoms with E-state index in [4.69, 9.17) is 13.9 Å². The van der Waals surface area contributed by atoms with Gasteiger partial charge in [0.25, 0.3) is 0 Å². The molecule has 0 N–H and O–H groups in total. The Morgan fingerprint density at radius 2 is 2.23 bits per heavy atom. The molecule has 0 radical (unpaired) electrons. The maximum Gasteiger partial charge on any atom is 0.118 e. The van der Waals surface area contributed by atoms with Crippen LogP contribution in [0.4, 0.5) is 0 Å². The van der Waals surface area contributed by atoms with E-state index in [0.29, 0.717) is 12.7 Å². The summed E-state index contributed by atoms with van der Waals surface area (Å²) in [5.41, 5.74) is -0.140. The molecule has 2 fully saturated rings. The second-order valence-corrected chi connectivity index (χ2v) is 7.00. The van der Waals surface area contributed by atoms with Gasteiger partial charge in [0, 0.05) is 19.6 Å². The molecule has 0 unspecified atom stereocenters. The van der Waals surface area contributed by atoms with E-state index in [2.05, 4.69) is 30.0 Å². The van der Waals surface area contributed by atoms with Gasteiger partial charge < -0.3 is 18.8 Å². The third kappa shape index (κ3) is 3.90. The Morgan fingerprint density at radius 1 is 1.36 bits per heavy atom. The molecule has 3 rings (SSSR count). The van der Waals surface area contributed by atoms with Crippen LogP contribution >= 0.6 is 0 Å². The molecule has 3 heterocycles. The highest BCUT2D eigenvalue weighted by molar-refractivity contribution is 5.06. The smallest absolute Gasteiger partial charge is 0.118 e. The lowest BCUT2D eigenvalue weighted by Crippen LogP contribution is -2.44. The first-order valence-corrected chi connectivity index (χ1v) is 8.23. The molecule has 0 bridgehead atoms. The standard InChI is InChI=1S/C17H28N2O3/c1-14-4-5-15(21-14)11-19-8-9-20-13-17(12-19)7-6-16(22-17)10-18(2)3/h4-5,16H,6-13H2,1-3H3/t16-,17+/m0/s1. The van der Waals surface area contributed by atoms with E-state index in [0.717, 1.165) is 57.1 Å². The number of rotatable bonds is 4. The van der Waals surface area contributed by atoms with Crippen molar-refractivity contribution in [1.82, 2.24) is 9.80 Å². The maximum absolute atomic E-state index is 6.41. The van der Waals surface area contributed by atoms with Crippen LogP contribution in [0.3, 0.4) is 0 Å². The third-order valence-electron chi connectivity index (χ3n) is 4.51. The summed E-state index contributed by atoms with van der Waals surface area (Å²) in [7, 11) is 4.20. The summed E-state index contributed by atoms with van der Waals surface area (Å²) in [4.78, 5) is 4.61. The van der Waals surface area contributed by atoms with Crippen molar-refractivity contribution in [3.05, 3.63) is 23.7 Å². The van der Waals surface area contributed by atoms with Gasteiger partial charge in [0.15, 0.2) is 0 Å². The molecular formula is C17H28N2O3. The molecule has 0 aliphatic carbocycles. The lowest BCUT2D eigenvalue weighted by molar-refractivity contribution is -0.0904. The van der Waals surface area contributed by atoms with Gasteiger partial charge in [-0.05, 0) is 46.0 Å². The summed E-state index contributed by atoms with van der Waals surface area (Å²) < 4.78 is 18.0. The quantitative estimate of drug-likeness (QED) is 0.849. The predicted octanol–water partition coefficient (Wildman–Crippen LogP) is 1.90. The van der Waals surface area contributed by atoms with Gasteiger partial charge in [0.1, 0.15) is 17.1 Å². The molecule has 2 aliphatic rings. The zero-order chi connectivity index (χ0) is 15.6. The van der Waals surface area contributed by atoms with Crippen LogP contribution in [-0.4, -0.2) is 68.4 Å². The predicted molar refractivity (Wildman–Crippen MR) is 84.9 cm³/mol. The Labute approximate surface area is 133 Å². The lowest BCUT2D eigenvalue weighted by Gasteiger charge is -2.32. The van der Waals surface area contributed by atoms with Gasteiger partial charge in [0.05, 0.1) is 25.9 Å². The van der Waals surface area contributed by atoms with Crippen molar-refractivity contribution in [1.29, 1.82) is 0 Å². The van der Waals surface area contributed by atoms with Crippen molar-refractivity contribution in [3.63, 3.8) is 0 Å². The number of likely N-dealkylation sites (N-methyl/N-ethyl adjacent to an activating group) is 1. The fraction of sp³-hybridized carbons (Fsp3) is 0.765. The summed E-state index contributed by atoms with van der Waals surface area (Å²) in [5.74, 6) is 2.00. The van der Waals surface area contributed by atoms with Gasteiger partial charge >= 0.3 is 0 Å². The molecule has 5 nitrogen and oxygen atoms in total. The monoisotopic (exact) mass is 308 g/mol. The second kappa shape index (κ2) is 6.71. The number of ether oxygens (including phenoxy) is 2. The Kier molecular flexibility index (Phi) is 4.88. The average Bonchev–Trinajstić information content (AvgIpc) is 2.95. The van der Waals surface area contributed by atoms with Gasteiger partial charge in [-0.2, -0.15) is 0 Å². The maximum atomic E-state index is 6.41. The number of hydrogen-bond acceptors (Lipinski definition) is 5. The van der Waals surface area contributed by atoms with E-state index in [1.165, 1.54) is 0 Å². The first kappa shape index (κ1) is 16.0. The highest BCUT2D eigenvalue weighted by atomic mass is 16.6. The molecule has 0 amide bonds. The zero-order valence-electron chi connectivity index (χ0n) is 14.0. The average molecular weight is 308 g/mol. The summed E-state index contributed by atoms with van der Waals surface area (Å²) in [6, 6.07) is 4.09. The van der Waals surface area contributed by atoms with Crippen molar-refractivity contribution in [3.8, 4) is 0 Å². The molecular weight excluding hydrogens is 280 g/mol. The summed E-state index contributed by atoms with van der Waals surface area (Å²) in [6.45, 7) is 7.15. The van der Waals surface area contributed by atoms with Crippen LogP contribution in [0.25, 0.3) is 0 Å². The van der Waals surface area contributed by atoms with Crippen molar-refractivity contribution in [2.45, 2.75) is 38.0 Å². The Hall–Kier alpha value is -0.880. The summed E-state index contributed by atoms with van der Waals surface area (Å²) >= 11 is 0. The van der Waals surface area contributed by atoms with E-state index < -0.39 is 0 Å². The van der Waals surface area contributed by atoms with Gasteiger partial charge in [-0.15, -0.1) is 0 Å². The summed E-state index contributed by atoms with van der Waals surface area (Å²) in [6.07, 6.45) is 2.53. The summed E-state index contributed by atoms with van der Waals surface area (Å²) in [5, 5.41) is 0. The number of aryl methyl sites for hydroxylation is 1. The molecule has 22 heavy (non-hydrogen) atoms. The van der Waals surface area contributed by atoms with Crippen molar-refractivity contribution < 1.29 is 13.9 Å². The molecule has 5 heteroatoms. The first-order chi connectivity index (χ1) is 10.5. The lowest BCUT2D eigenvalue weighted by atomic mass is 10.00. The molecule has 0 aromatic carbocycles. The van der Waals surface area contributed by atoms with E-state index in [1.807, 2.05) is 13.0 Å². The van der Waals surface area contributed by atoms with Crippen molar-refractivity contribution in [2.75, 3.05) is 46.9 Å². The second-order valence-electron chi connectivity index (χ2n) is 7.00. The van der Waals surface area contributed by atoms with E-state index in [1.54, 1.807) is 0 Å². The number of furan rings is 1. The molecule has 1 aromatic rings. The van der Waals surface area contributed by atoms with Crippen molar-refractivity contribution in [2.24, 2.45) is 0 Å². The first-order valence-electron chi connectivity index (χ1n) is 8.23. The van der Waals surface area contributed by atoms with Crippen LogP contribution in [0.15, 0.2) is 16.5 Å².